The summed E-state index contributed by atoms with van der Waals surface area (Å²) < 4.78 is 0. The molecule has 5 heteroatoms. The van der Waals surface area contributed by atoms with Crippen LogP contribution in [-0.2, 0) is 6.54 Å². The van der Waals surface area contributed by atoms with Crippen molar-refractivity contribution in [1.29, 1.82) is 0 Å². The molecule has 3 nitrogen and oxygen atoms in total. The lowest BCUT2D eigenvalue weighted by molar-refractivity contribution is 1.07. The first-order chi connectivity index (χ1) is 9.26. The van der Waals surface area contributed by atoms with E-state index in [9.17, 15) is 0 Å². The Morgan fingerprint density at radius 2 is 1.68 bits per heavy atom. The predicted molar refractivity (Wildman–Crippen MR) is 81.3 cm³/mol. The number of hydrogen-bond donors (Lipinski definition) is 1. The van der Waals surface area contributed by atoms with E-state index < -0.39 is 0 Å². The zero-order valence-corrected chi connectivity index (χ0v) is 12.1. The fraction of sp³-hybridized carbons (Fsp3) is 0.143. The van der Waals surface area contributed by atoms with Gasteiger partial charge < -0.3 is 5.73 Å². The lowest BCUT2D eigenvalue weighted by Gasteiger charge is -1.98. The smallest absolute Gasteiger partial charge is 0.124 e. The Labute approximate surface area is 119 Å². The van der Waals surface area contributed by atoms with Gasteiger partial charge in [0.15, 0.2) is 0 Å². The highest BCUT2D eigenvalue weighted by Crippen LogP contribution is 2.29. The largest absolute Gasteiger partial charge is 0.326 e. The molecule has 0 aliphatic carbocycles. The molecule has 0 amide bonds. The van der Waals surface area contributed by atoms with Gasteiger partial charge in [0, 0.05) is 22.9 Å². The van der Waals surface area contributed by atoms with Crippen LogP contribution in [-0.4, -0.2) is 9.97 Å². The molecule has 3 rings (SSSR count). The second-order valence-electron chi connectivity index (χ2n) is 4.19. The summed E-state index contributed by atoms with van der Waals surface area (Å²) in [6.45, 7) is 2.58. The molecule has 0 unspecified atom stereocenters. The molecule has 3 aromatic rings. The first-order valence-electron chi connectivity index (χ1n) is 5.93. The highest BCUT2D eigenvalue weighted by atomic mass is 32.1. The third-order valence-electron chi connectivity index (χ3n) is 2.82. The van der Waals surface area contributed by atoms with Gasteiger partial charge in [0.1, 0.15) is 16.4 Å². The van der Waals surface area contributed by atoms with Crippen LogP contribution in [0.15, 0.2) is 35.0 Å². The van der Waals surface area contributed by atoms with Gasteiger partial charge in [0.25, 0.3) is 0 Å². The van der Waals surface area contributed by atoms with Gasteiger partial charge in [-0.15, -0.1) is 22.7 Å². The topological polar surface area (TPSA) is 51.8 Å². The Kier molecular flexibility index (Phi) is 3.42. The van der Waals surface area contributed by atoms with Crippen LogP contribution < -0.4 is 5.73 Å². The van der Waals surface area contributed by atoms with E-state index in [4.69, 9.17) is 5.73 Å². The maximum atomic E-state index is 5.60. The van der Waals surface area contributed by atoms with E-state index >= 15 is 0 Å². The average Bonchev–Trinajstić information content (AvgIpc) is 3.07. The summed E-state index contributed by atoms with van der Waals surface area (Å²) in [5.74, 6) is 0. The molecular weight excluding hydrogens is 274 g/mol. The lowest BCUT2D eigenvalue weighted by Crippen LogP contribution is -1.95. The van der Waals surface area contributed by atoms with Crippen LogP contribution in [0, 0.1) is 6.92 Å². The summed E-state index contributed by atoms with van der Waals surface area (Å²) in [4.78, 5) is 9.11. The molecular formula is C14H13N3S2. The zero-order chi connectivity index (χ0) is 13.2. The number of hydrogen-bond acceptors (Lipinski definition) is 5. The van der Waals surface area contributed by atoms with Gasteiger partial charge >= 0.3 is 0 Å². The lowest BCUT2D eigenvalue weighted by atomic mass is 10.1. The molecule has 2 aromatic heterocycles. The second kappa shape index (κ2) is 5.21. The summed E-state index contributed by atoms with van der Waals surface area (Å²) >= 11 is 3.29. The second-order valence-corrected chi connectivity index (χ2v) is 6.11. The summed E-state index contributed by atoms with van der Waals surface area (Å²) in [7, 11) is 0. The summed E-state index contributed by atoms with van der Waals surface area (Å²) in [5.41, 5.74) is 9.77. The normalized spacial score (nSPS) is 10.8. The first kappa shape index (κ1) is 12.5. The molecule has 0 spiro atoms. The minimum atomic E-state index is 0.571. The number of thiazole rings is 2. The van der Waals surface area contributed by atoms with Crippen molar-refractivity contribution in [2.75, 3.05) is 0 Å². The number of aromatic nitrogens is 2. The SMILES string of the molecule is Cc1nc(-c2csc(-c3ccc(CN)cc3)n2)cs1. The van der Waals surface area contributed by atoms with Gasteiger partial charge in [0.2, 0.25) is 0 Å². The van der Waals surface area contributed by atoms with Gasteiger partial charge in [-0.05, 0) is 12.5 Å². The van der Waals surface area contributed by atoms with E-state index in [0.717, 1.165) is 32.5 Å². The highest BCUT2D eigenvalue weighted by Gasteiger charge is 2.08. The van der Waals surface area contributed by atoms with Crippen molar-refractivity contribution in [1.82, 2.24) is 9.97 Å². The van der Waals surface area contributed by atoms with E-state index in [1.165, 1.54) is 0 Å². The summed E-state index contributed by atoms with van der Waals surface area (Å²) in [5, 5.41) is 6.19. The molecule has 96 valence electrons. The molecule has 0 fully saturated rings. The molecule has 0 aliphatic rings. The number of benzene rings is 1. The van der Waals surface area contributed by atoms with E-state index in [1.807, 2.05) is 24.4 Å². The van der Waals surface area contributed by atoms with Gasteiger partial charge in [-0.25, -0.2) is 9.97 Å². The molecule has 0 aliphatic heterocycles. The minimum Gasteiger partial charge on any atom is -0.326 e. The maximum absolute atomic E-state index is 5.60. The Hall–Kier alpha value is -1.56. The number of nitrogens with two attached hydrogens (primary N) is 1. The first-order valence-corrected chi connectivity index (χ1v) is 7.69. The van der Waals surface area contributed by atoms with Crippen molar-refractivity contribution in [2.45, 2.75) is 13.5 Å². The van der Waals surface area contributed by atoms with Gasteiger partial charge in [-0.2, -0.15) is 0 Å². The van der Waals surface area contributed by atoms with E-state index in [2.05, 4.69) is 27.5 Å². The van der Waals surface area contributed by atoms with Crippen LogP contribution in [0.4, 0.5) is 0 Å². The van der Waals surface area contributed by atoms with Gasteiger partial charge in [-0.1, -0.05) is 24.3 Å². The van der Waals surface area contributed by atoms with Crippen molar-refractivity contribution in [3.05, 3.63) is 45.6 Å². The van der Waals surface area contributed by atoms with Crippen molar-refractivity contribution >= 4 is 22.7 Å². The average molecular weight is 287 g/mol. The quantitative estimate of drug-likeness (QED) is 0.799. The number of nitrogens with zero attached hydrogens (tertiary/aromatic N) is 2. The van der Waals surface area contributed by atoms with E-state index in [0.29, 0.717) is 6.54 Å². The summed E-state index contributed by atoms with van der Waals surface area (Å²) in [6.07, 6.45) is 0. The van der Waals surface area contributed by atoms with Gasteiger partial charge in [0.05, 0.1) is 5.01 Å². The van der Waals surface area contributed by atoms with Crippen LogP contribution in [0.25, 0.3) is 22.0 Å². The third-order valence-corrected chi connectivity index (χ3v) is 4.49. The molecule has 2 N–H and O–H groups in total. The van der Waals surface area contributed by atoms with Crippen LogP contribution >= 0.6 is 22.7 Å². The maximum Gasteiger partial charge on any atom is 0.124 e. The van der Waals surface area contributed by atoms with Gasteiger partial charge in [-0.3, -0.25) is 0 Å². The number of aryl methyl sites for hydroxylation is 1. The Bertz CT molecular complexity index is 683. The molecule has 0 radical (unpaired) electrons. The van der Waals surface area contributed by atoms with Crippen molar-refractivity contribution < 1.29 is 0 Å². The molecule has 0 saturated heterocycles. The Morgan fingerprint density at radius 1 is 1.00 bits per heavy atom. The van der Waals surface area contributed by atoms with E-state index in [1.54, 1.807) is 22.7 Å². The van der Waals surface area contributed by atoms with Crippen LogP contribution in [0.3, 0.4) is 0 Å². The van der Waals surface area contributed by atoms with Crippen LogP contribution in [0.1, 0.15) is 10.6 Å². The van der Waals surface area contributed by atoms with Crippen molar-refractivity contribution in [3.8, 4) is 22.0 Å². The fourth-order valence-corrected chi connectivity index (χ4v) is 3.22. The Balaban J connectivity index is 1.91. The zero-order valence-electron chi connectivity index (χ0n) is 10.5. The molecule has 2 heterocycles. The van der Waals surface area contributed by atoms with E-state index in [-0.39, 0.29) is 0 Å². The van der Waals surface area contributed by atoms with Crippen molar-refractivity contribution in [3.63, 3.8) is 0 Å². The molecule has 0 bridgehead atoms. The van der Waals surface area contributed by atoms with Crippen LogP contribution in [0.5, 0.6) is 0 Å². The Morgan fingerprint density at radius 3 is 2.32 bits per heavy atom. The number of rotatable bonds is 3. The standard InChI is InChI=1S/C14H13N3S2/c1-9-16-12(7-18-9)13-8-19-14(17-13)11-4-2-10(6-15)3-5-11/h2-5,7-8H,6,15H2,1H3. The molecule has 1 aromatic carbocycles. The predicted octanol–water partition coefficient (Wildman–Crippen LogP) is 3.70. The fourth-order valence-electron chi connectivity index (χ4n) is 1.79. The van der Waals surface area contributed by atoms with Crippen molar-refractivity contribution in [2.24, 2.45) is 5.73 Å². The third kappa shape index (κ3) is 2.58. The molecule has 0 atom stereocenters. The molecule has 19 heavy (non-hydrogen) atoms. The van der Waals surface area contributed by atoms with Crippen LogP contribution in [0.2, 0.25) is 0 Å². The highest BCUT2D eigenvalue weighted by molar-refractivity contribution is 7.13. The molecule has 0 saturated carbocycles. The minimum absolute atomic E-state index is 0.571. The monoisotopic (exact) mass is 287 g/mol. The summed E-state index contributed by atoms with van der Waals surface area (Å²) in [6, 6.07) is 8.22.